The Bertz CT molecular complexity index is 918. The van der Waals surface area contributed by atoms with Crippen LogP contribution < -0.4 is 10.9 Å². The molecule has 0 aliphatic rings. The van der Waals surface area contributed by atoms with Crippen LogP contribution in [0.5, 0.6) is 0 Å². The molecule has 2 heterocycles. The van der Waals surface area contributed by atoms with E-state index in [1.165, 1.54) is 27.8 Å². The Hall–Kier alpha value is -3.36. The topological polar surface area (TPSA) is 108 Å². The highest BCUT2D eigenvalue weighted by Gasteiger charge is 2.11. The summed E-state index contributed by atoms with van der Waals surface area (Å²) >= 11 is 0. The standard InChI is InChI=1S/C16H17N7O2/c1-2-3-9-22-15(24)8-7-14(19-22)16(25)18-12-5-4-6-13(10-12)23-11-17-20-21-23/h4-8,10-11H,2-3,9H2,1H3,(H,18,25). The molecule has 0 aliphatic heterocycles. The molecule has 0 radical (unpaired) electrons. The lowest BCUT2D eigenvalue weighted by molar-refractivity contribution is 0.101. The quantitative estimate of drug-likeness (QED) is 0.724. The van der Waals surface area contributed by atoms with Crippen molar-refractivity contribution in [3.63, 3.8) is 0 Å². The van der Waals surface area contributed by atoms with E-state index in [1.807, 2.05) is 13.0 Å². The summed E-state index contributed by atoms with van der Waals surface area (Å²) in [6.45, 7) is 2.52. The molecule has 9 heteroatoms. The summed E-state index contributed by atoms with van der Waals surface area (Å²) in [5, 5.41) is 17.9. The minimum atomic E-state index is -0.390. The van der Waals surface area contributed by atoms with Crippen molar-refractivity contribution in [2.24, 2.45) is 0 Å². The molecular formula is C16H17N7O2. The molecule has 2 aromatic heterocycles. The van der Waals surface area contributed by atoms with Gasteiger partial charge in [0.15, 0.2) is 0 Å². The fourth-order valence-electron chi connectivity index (χ4n) is 2.24. The summed E-state index contributed by atoms with van der Waals surface area (Å²) in [6.07, 6.45) is 3.23. The number of hydrogen-bond acceptors (Lipinski definition) is 6. The number of hydrogen-bond donors (Lipinski definition) is 1. The van der Waals surface area contributed by atoms with Gasteiger partial charge in [-0.1, -0.05) is 19.4 Å². The number of aryl methyl sites for hydroxylation is 1. The number of rotatable bonds is 6. The minimum absolute atomic E-state index is 0.184. The van der Waals surface area contributed by atoms with Gasteiger partial charge in [0, 0.05) is 18.3 Å². The molecule has 0 bridgehead atoms. The highest BCUT2D eigenvalue weighted by molar-refractivity contribution is 6.02. The number of aromatic nitrogens is 6. The van der Waals surface area contributed by atoms with E-state index < -0.39 is 0 Å². The summed E-state index contributed by atoms with van der Waals surface area (Å²) < 4.78 is 2.80. The monoisotopic (exact) mass is 339 g/mol. The Morgan fingerprint density at radius 2 is 2.12 bits per heavy atom. The van der Waals surface area contributed by atoms with E-state index in [2.05, 4.69) is 25.9 Å². The molecule has 0 unspecified atom stereocenters. The lowest BCUT2D eigenvalue weighted by Crippen LogP contribution is -2.26. The number of unbranched alkanes of at least 4 members (excludes halogenated alkanes) is 1. The maximum atomic E-state index is 12.4. The molecule has 0 aliphatic carbocycles. The number of carbonyl (C=O) groups excluding carboxylic acids is 1. The lowest BCUT2D eigenvalue weighted by Gasteiger charge is -2.08. The van der Waals surface area contributed by atoms with E-state index in [9.17, 15) is 9.59 Å². The van der Waals surface area contributed by atoms with Gasteiger partial charge < -0.3 is 5.32 Å². The van der Waals surface area contributed by atoms with Gasteiger partial charge in [-0.2, -0.15) is 5.10 Å². The van der Waals surface area contributed by atoms with Crippen LogP contribution in [0.2, 0.25) is 0 Å². The van der Waals surface area contributed by atoms with Gasteiger partial charge in [0.05, 0.1) is 5.69 Å². The lowest BCUT2D eigenvalue weighted by atomic mass is 10.2. The predicted molar refractivity (Wildman–Crippen MR) is 90.5 cm³/mol. The molecule has 1 N–H and O–H groups in total. The molecule has 1 amide bonds. The van der Waals surface area contributed by atoms with Gasteiger partial charge in [-0.05, 0) is 41.1 Å². The normalized spacial score (nSPS) is 10.6. The van der Waals surface area contributed by atoms with Crippen LogP contribution in [0.3, 0.4) is 0 Å². The number of tetrazole rings is 1. The highest BCUT2D eigenvalue weighted by atomic mass is 16.2. The van der Waals surface area contributed by atoms with Crippen molar-refractivity contribution in [1.82, 2.24) is 30.0 Å². The van der Waals surface area contributed by atoms with Gasteiger partial charge in [0.25, 0.3) is 11.5 Å². The predicted octanol–water partition coefficient (Wildman–Crippen LogP) is 1.27. The van der Waals surface area contributed by atoms with Crippen molar-refractivity contribution in [3.05, 3.63) is 58.8 Å². The van der Waals surface area contributed by atoms with Gasteiger partial charge in [-0.3, -0.25) is 9.59 Å². The Morgan fingerprint density at radius 3 is 2.88 bits per heavy atom. The van der Waals surface area contributed by atoms with Crippen LogP contribution in [-0.2, 0) is 6.54 Å². The molecule has 0 fully saturated rings. The average molecular weight is 339 g/mol. The van der Waals surface area contributed by atoms with Crippen molar-refractivity contribution < 1.29 is 4.79 Å². The molecule has 0 saturated heterocycles. The molecule has 1 aromatic carbocycles. The summed E-state index contributed by atoms with van der Waals surface area (Å²) in [4.78, 5) is 24.2. The zero-order chi connectivity index (χ0) is 17.6. The molecule has 0 spiro atoms. The second-order valence-electron chi connectivity index (χ2n) is 5.39. The third-order valence-electron chi connectivity index (χ3n) is 3.54. The van der Waals surface area contributed by atoms with Crippen LogP contribution in [0.15, 0.2) is 47.5 Å². The van der Waals surface area contributed by atoms with Crippen molar-refractivity contribution in [3.8, 4) is 5.69 Å². The first-order chi connectivity index (χ1) is 12.2. The maximum Gasteiger partial charge on any atom is 0.276 e. The van der Waals surface area contributed by atoms with Gasteiger partial charge >= 0.3 is 0 Å². The first-order valence-electron chi connectivity index (χ1n) is 7.90. The third kappa shape index (κ3) is 3.94. The van der Waals surface area contributed by atoms with E-state index in [0.29, 0.717) is 17.9 Å². The largest absolute Gasteiger partial charge is 0.321 e. The van der Waals surface area contributed by atoms with E-state index >= 15 is 0 Å². The Labute approximate surface area is 143 Å². The number of carbonyl (C=O) groups is 1. The van der Waals surface area contributed by atoms with Crippen LogP contribution in [0.1, 0.15) is 30.3 Å². The van der Waals surface area contributed by atoms with Gasteiger partial charge in [0.1, 0.15) is 12.0 Å². The van der Waals surface area contributed by atoms with Crippen LogP contribution in [0, 0.1) is 0 Å². The van der Waals surface area contributed by atoms with Gasteiger partial charge in [-0.15, -0.1) is 5.10 Å². The average Bonchev–Trinajstić information content (AvgIpc) is 3.16. The van der Waals surface area contributed by atoms with E-state index in [4.69, 9.17) is 0 Å². The van der Waals surface area contributed by atoms with E-state index in [1.54, 1.807) is 18.2 Å². The molecule has 25 heavy (non-hydrogen) atoms. The van der Waals surface area contributed by atoms with E-state index in [-0.39, 0.29) is 17.2 Å². The molecule has 128 valence electrons. The second-order valence-corrected chi connectivity index (χ2v) is 5.39. The van der Waals surface area contributed by atoms with Gasteiger partial charge in [0.2, 0.25) is 0 Å². The summed E-state index contributed by atoms with van der Waals surface area (Å²) in [6, 6.07) is 9.86. The molecule has 3 rings (SSSR count). The van der Waals surface area contributed by atoms with Gasteiger partial charge in [-0.25, -0.2) is 9.36 Å². The Balaban J connectivity index is 1.78. The van der Waals surface area contributed by atoms with Crippen molar-refractivity contribution in [2.75, 3.05) is 5.32 Å². The van der Waals surface area contributed by atoms with Crippen LogP contribution >= 0.6 is 0 Å². The van der Waals surface area contributed by atoms with Crippen LogP contribution in [0.4, 0.5) is 5.69 Å². The third-order valence-corrected chi connectivity index (χ3v) is 3.54. The maximum absolute atomic E-state index is 12.4. The molecular weight excluding hydrogens is 322 g/mol. The molecule has 3 aromatic rings. The molecule has 9 nitrogen and oxygen atoms in total. The smallest absolute Gasteiger partial charge is 0.276 e. The zero-order valence-electron chi connectivity index (χ0n) is 13.7. The fraction of sp³-hybridized carbons (Fsp3) is 0.250. The summed E-state index contributed by atoms with van der Waals surface area (Å²) in [5.41, 5.74) is 1.25. The van der Waals surface area contributed by atoms with E-state index in [0.717, 1.165) is 12.8 Å². The second kappa shape index (κ2) is 7.47. The van der Waals surface area contributed by atoms with Crippen molar-refractivity contribution in [2.45, 2.75) is 26.3 Å². The Kier molecular flexibility index (Phi) is 4.93. The Morgan fingerprint density at radius 1 is 1.24 bits per heavy atom. The first-order valence-corrected chi connectivity index (χ1v) is 7.90. The number of nitrogens with zero attached hydrogens (tertiary/aromatic N) is 6. The fourth-order valence-corrected chi connectivity index (χ4v) is 2.24. The SMILES string of the molecule is CCCCn1nc(C(=O)Nc2cccc(-n3cnnn3)c2)ccc1=O. The number of amides is 1. The molecule has 0 atom stereocenters. The zero-order valence-corrected chi connectivity index (χ0v) is 13.7. The number of nitrogens with one attached hydrogen (secondary N) is 1. The summed E-state index contributed by atoms with van der Waals surface area (Å²) in [5.74, 6) is -0.390. The number of anilines is 1. The minimum Gasteiger partial charge on any atom is -0.321 e. The van der Waals surface area contributed by atoms with Crippen molar-refractivity contribution in [1.29, 1.82) is 0 Å². The molecule has 0 saturated carbocycles. The van der Waals surface area contributed by atoms with Crippen LogP contribution in [0.25, 0.3) is 5.69 Å². The number of benzene rings is 1. The van der Waals surface area contributed by atoms with Crippen LogP contribution in [-0.4, -0.2) is 35.9 Å². The first kappa shape index (κ1) is 16.5. The summed E-state index contributed by atoms with van der Waals surface area (Å²) in [7, 11) is 0. The van der Waals surface area contributed by atoms with Crippen molar-refractivity contribution >= 4 is 11.6 Å². The highest BCUT2D eigenvalue weighted by Crippen LogP contribution is 2.14.